The van der Waals surface area contributed by atoms with Crippen molar-refractivity contribution in [2.24, 2.45) is 5.92 Å². The lowest BCUT2D eigenvalue weighted by Crippen LogP contribution is -2.15. The van der Waals surface area contributed by atoms with Crippen molar-refractivity contribution < 1.29 is 0 Å². The van der Waals surface area contributed by atoms with Gasteiger partial charge in [-0.2, -0.15) is 0 Å². The summed E-state index contributed by atoms with van der Waals surface area (Å²) in [6.45, 7) is 6.35. The molecule has 2 rings (SSSR count). The molecule has 1 atom stereocenters. The van der Waals surface area contributed by atoms with E-state index in [9.17, 15) is 0 Å². The van der Waals surface area contributed by atoms with E-state index in [1.165, 1.54) is 25.7 Å². The molecular weight excluding hydrogens is 200 g/mol. The largest absolute Gasteiger partial charge is 0.308 e. The van der Waals surface area contributed by atoms with Crippen LogP contribution in [0.25, 0.3) is 0 Å². The van der Waals surface area contributed by atoms with Gasteiger partial charge in [0.15, 0.2) is 0 Å². The summed E-state index contributed by atoms with van der Waals surface area (Å²) < 4.78 is 1.98. The van der Waals surface area contributed by atoms with Crippen LogP contribution < -0.4 is 5.32 Å². The molecule has 0 spiro atoms. The second kappa shape index (κ2) is 5.43. The topological polar surface area (TPSA) is 42.7 Å². The van der Waals surface area contributed by atoms with Crippen LogP contribution in [0.2, 0.25) is 0 Å². The van der Waals surface area contributed by atoms with Crippen molar-refractivity contribution in [2.45, 2.75) is 58.7 Å². The van der Waals surface area contributed by atoms with Crippen molar-refractivity contribution in [3.05, 3.63) is 11.9 Å². The van der Waals surface area contributed by atoms with Crippen molar-refractivity contribution in [2.75, 3.05) is 0 Å². The van der Waals surface area contributed by atoms with E-state index in [2.05, 4.69) is 35.7 Å². The summed E-state index contributed by atoms with van der Waals surface area (Å²) in [5.41, 5.74) is 1.07. The van der Waals surface area contributed by atoms with Gasteiger partial charge in [-0.15, -0.1) is 5.10 Å². The molecule has 1 heterocycles. The fourth-order valence-electron chi connectivity index (χ4n) is 1.95. The monoisotopic (exact) mass is 222 g/mol. The molecular formula is C12H22N4. The van der Waals surface area contributed by atoms with Gasteiger partial charge in [0, 0.05) is 25.3 Å². The Morgan fingerprint density at radius 1 is 1.56 bits per heavy atom. The highest BCUT2D eigenvalue weighted by Crippen LogP contribution is 2.18. The van der Waals surface area contributed by atoms with Crippen LogP contribution in [-0.4, -0.2) is 21.0 Å². The molecule has 1 aromatic rings. The van der Waals surface area contributed by atoms with Crippen LogP contribution in [-0.2, 0) is 13.1 Å². The minimum Gasteiger partial charge on any atom is -0.308 e. The Labute approximate surface area is 97.4 Å². The molecule has 0 aliphatic heterocycles. The van der Waals surface area contributed by atoms with Crippen LogP contribution in [0, 0.1) is 5.92 Å². The minimum atomic E-state index is 0.691. The first-order valence-corrected chi connectivity index (χ1v) is 6.40. The molecule has 4 heteroatoms. The van der Waals surface area contributed by atoms with Gasteiger partial charge in [-0.1, -0.05) is 25.5 Å². The fourth-order valence-corrected chi connectivity index (χ4v) is 1.95. The summed E-state index contributed by atoms with van der Waals surface area (Å²) in [6.07, 6.45) is 7.21. The average molecular weight is 222 g/mol. The maximum atomic E-state index is 4.18. The average Bonchev–Trinajstić information content (AvgIpc) is 2.98. The summed E-state index contributed by atoms with van der Waals surface area (Å²) in [6, 6.07) is 0.740. The highest BCUT2D eigenvalue weighted by molar-refractivity contribution is 4.94. The molecule has 4 nitrogen and oxygen atoms in total. The number of hydrogen-bond donors (Lipinski definition) is 1. The molecule has 1 aliphatic rings. The zero-order valence-corrected chi connectivity index (χ0v) is 10.3. The third-order valence-electron chi connectivity index (χ3n) is 3.02. The predicted molar refractivity (Wildman–Crippen MR) is 64.0 cm³/mol. The first kappa shape index (κ1) is 11.6. The maximum absolute atomic E-state index is 4.18. The van der Waals surface area contributed by atoms with Gasteiger partial charge < -0.3 is 5.32 Å². The zero-order chi connectivity index (χ0) is 11.4. The Bertz CT molecular complexity index is 317. The summed E-state index contributed by atoms with van der Waals surface area (Å²) in [5, 5.41) is 11.8. The van der Waals surface area contributed by atoms with Crippen LogP contribution in [0.1, 0.15) is 45.2 Å². The molecule has 0 saturated heterocycles. The highest BCUT2D eigenvalue weighted by Gasteiger charge is 2.20. The number of nitrogens with zero attached hydrogens (tertiary/aromatic N) is 3. The zero-order valence-electron chi connectivity index (χ0n) is 10.3. The molecule has 90 valence electrons. The van der Waals surface area contributed by atoms with E-state index in [-0.39, 0.29) is 0 Å². The molecule has 1 fully saturated rings. The molecule has 1 aliphatic carbocycles. The lowest BCUT2D eigenvalue weighted by molar-refractivity contribution is 0.414. The lowest BCUT2D eigenvalue weighted by atomic mass is 10.1. The van der Waals surface area contributed by atoms with E-state index in [0.717, 1.165) is 24.8 Å². The quantitative estimate of drug-likeness (QED) is 0.767. The van der Waals surface area contributed by atoms with Gasteiger partial charge in [0.25, 0.3) is 0 Å². The second-order valence-electron chi connectivity index (χ2n) is 4.98. The first-order valence-electron chi connectivity index (χ1n) is 6.40. The Morgan fingerprint density at radius 2 is 2.38 bits per heavy atom. The van der Waals surface area contributed by atoms with E-state index < -0.39 is 0 Å². The summed E-state index contributed by atoms with van der Waals surface area (Å²) >= 11 is 0. The standard InChI is InChI=1S/C12H22N4/c1-3-4-10(2)8-16-9-12(14-15-16)7-13-11-5-6-11/h9-11,13H,3-8H2,1-2H3. The van der Waals surface area contributed by atoms with Crippen LogP contribution in [0.3, 0.4) is 0 Å². The predicted octanol–water partition coefficient (Wildman–Crippen LogP) is 1.97. The molecule has 0 radical (unpaired) electrons. The molecule has 1 aromatic heterocycles. The van der Waals surface area contributed by atoms with E-state index in [1.807, 2.05) is 4.68 Å². The van der Waals surface area contributed by atoms with Crippen molar-refractivity contribution in [1.29, 1.82) is 0 Å². The highest BCUT2D eigenvalue weighted by atomic mass is 15.4. The number of rotatable bonds is 7. The first-order chi connectivity index (χ1) is 7.78. The molecule has 0 amide bonds. The van der Waals surface area contributed by atoms with Crippen molar-refractivity contribution in [3.63, 3.8) is 0 Å². The molecule has 0 aromatic carbocycles. The van der Waals surface area contributed by atoms with Crippen LogP contribution in [0.4, 0.5) is 0 Å². The van der Waals surface area contributed by atoms with Crippen LogP contribution in [0.5, 0.6) is 0 Å². The normalized spacial score (nSPS) is 17.6. The number of hydrogen-bond acceptors (Lipinski definition) is 3. The van der Waals surface area contributed by atoms with Gasteiger partial charge in [-0.25, -0.2) is 0 Å². The smallest absolute Gasteiger partial charge is 0.0964 e. The van der Waals surface area contributed by atoms with E-state index in [0.29, 0.717) is 5.92 Å². The Morgan fingerprint density at radius 3 is 3.06 bits per heavy atom. The Balaban J connectivity index is 1.76. The maximum Gasteiger partial charge on any atom is 0.0964 e. The Hall–Kier alpha value is -0.900. The molecule has 16 heavy (non-hydrogen) atoms. The lowest BCUT2D eigenvalue weighted by Gasteiger charge is -2.08. The minimum absolute atomic E-state index is 0.691. The van der Waals surface area contributed by atoms with Gasteiger partial charge in [0.05, 0.1) is 5.69 Å². The SMILES string of the molecule is CCCC(C)Cn1cc(CNC2CC2)nn1. The number of nitrogens with one attached hydrogen (secondary N) is 1. The summed E-state index contributed by atoms with van der Waals surface area (Å²) in [5.74, 6) is 0.691. The Kier molecular flexibility index (Phi) is 3.93. The van der Waals surface area contributed by atoms with Crippen molar-refractivity contribution in [3.8, 4) is 0 Å². The molecule has 1 unspecified atom stereocenters. The molecule has 0 bridgehead atoms. The molecule has 1 saturated carbocycles. The number of aromatic nitrogens is 3. The van der Waals surface area contributed by atoms with Gasteiger partial charge in [-0.05, 0) is 25.2 Å². The third-order valence-corrected chi connectivity index (χ3v) is 3.02. The van der Waals surface area contributed by atoms with Crippen molar-refractivity contribution in [1.82, 2.24) is 20.3 Å². The second-order valence-corrected chi connectivity index (χ2v) is 4.98. The van der Waals surface area contributed by atoms with Crippen LogP contribution in [0.15, 0.2) is 6.20 Å². The summed E-state index contributed by atoms with van der Waals surface area (Å²) in [4.78, 5) is 0. The van der Waals surface area contributed by atoms with E-state index in [1.54, 1.807) is 0 Å². The van der Waals surface area contributed by atoms with Gasteiger partial charge in [-0.3, -0.25) is 4.68 Å². The fraction of sp³-hybridized carbons (Fsp3) is 0.833. The third kappa shape index (κ3) is 3.59. The summed E-state index contributed by atoms with van der Waals surface area (Å²) in [7, 11) is 0. The van der Waals surface area contributed by atoms with Gasteiger partial charge in [0.1, 0.15) is 0 Å². The van der Waals surface area contributed by atoms with E-state index in [4.69, 9.17) is 0 Å². The van der Waals surface area contributed by atoms with Crippen molar-refractivity contribution >= 4 is 0 Å². The molecule has 1 N–H and O–H groups in total. The van der Waals surface area contributed by atoms with Gasteiger partial charge in [0.2, 0.25) is 0 Å². The van der Waals surface area contributed by atoms with Gasteiger partial charge >= 0.3 is 0 Å². The van der Waals surface area contributed by atoms with E-state index >= 15 is 0 Å². The van der Waals surface area contributed by atoms with Crippen LogP contribution >= 0.6 is 0 Å².